The molecule has 1 saturated heterocycles. The predicted octanol–water partition coefficient (Wildman–Crippen LogP) is 2.24. The zero-order valence-electron chi connectivity index (χ0n) is 22.4. The molecule has 3 saturated carbocycles. The number of Topliss-reactive ketones (excluding diaryl/α,β-unsaturated/α-hetero) is 2. The molecular weight excluding hydrogens is 480 g/mol. The molecule has 4 aliphatic carbocycles. The van der Waals surface area contributed by atoms with Gasteiger partial charge in [-0.3, -0.25) is 24.0 Å². The van der Waals surface area contributed by atoms with Crippen molar-refractivity contribution in [3.63, 3.8) is 0 Å². The standard InChI is InChI=1S/C28H34O9/c1-13-11-16-24(5,28(22(33)35-8)20(31)26(7,34)19(30)25(13,28)6)12-15-18-23(3,4)17(36-14(2)29)9-10-27(16,18)21(32)37-15/h11,15,17-18,34H,1,9-10,12H2,2-8H3. The molecule has 8 atom stereocenters. The maximum absolute atomic E-state index is 14.2. The van der Waals surface area contributed by atoms with Gasteiger partial charge in [0.05, 0.1) is 17.9 Å². The molecule has 0 aromatic carbocycles. The number of aliphatic hydroxyl groups is 1. The van der Waals surface area contributed by atoms with Crippen molar-refractivity contribution >= 4 is 29.5 Å². The molecule has 0 aromatic heterocycles. The number of rotatable bonds is 2. The van der Waals surface area contributed by atoms with Crippen LogP contribution in [0.5, 0.6) is 0 Å². The fraction of sp³-hybridized carbons (Fsp3) is 0.679. The number of hydrogen-bond donors (Lipinski definition) is 1. The maximum atomic E-state index is 14.2. The summed E-state index contributed by atoms with van der Waals surface area (Å²) in [4.78, 5) is 67.4. The molecule has 0 amide bonds. The minimum absolute atomic E-state index is 0.0419. The van der Waals surface area contributed by atoms with Gasteiger partial charge in [-0.15, -0.1) is 0 Å². The molecule has 9 heteroatoms. The van der Waals surface area contributed by atoms with Gasteiger partial charge in [-0.2, -0.15) is 0 Å². The van der Waals surface area contributed by atoms with E-state index in [2.05, 4.69) is 6.58 Å². The van der Waals surface area contributed by atoms with Crippen LogP contribution in [-0.4, -0.2) is 59.5 Å². The second kappa shape index (κ2) is 6.98. The van der Waals surface area contributed by atoms with Gasteiger partial charge in [0.25, 0.3) is 0 Å². The fourth-order valence-electron chi connectivity index (χ4n) is 9.22. The van der Waals surface area contributed by atoms with Crippen LogP contribution in [0.1, 0.15) is 60.8 Å². The number of carbonyl (C=O) groups excluding carboxylic acids is 5. The second-order valence-electron chi connectivity index (χ2n) is 12.6. The van der Waals surface area contributed by atoms with Gasteiger partial charge in [-0.25, -0.2) is 0 Å². The molecule has 9 nitrogen and oxygen atoms in total. The van der Waals surface area contributed by atoms with E-state index in [1.165, 1.54) is 13.8 Å². The maximum Gasteiger partial charge on any atom is 0.321 e. The molecule has 0 radical (unpaired) electrons. The van der Waals surface area contributed by atoms with Crippen LogP contribution < -0.4 is 0 Å². The lowest BCUT2D eigenvalue weighted by atomic mass is 9.35. The zero-order chi connectivity index (χ0) is 27.7. The molecule has 0 aromatic rings. The molecule has 1 N–H and O–H groups in total. The van der Waals surface area contributed by atoms with Crippen molar-refractivity contribution in [1.82, 2.24) is 0 Å². The molecular formula is C28H34O9. The quantitative estimate of drug-likeness (QED) is 0.335. The van der Waals surface area contributed by atoms with Crippen LogP contribution in [0.15, 0.2) is 23.8 Å². The predicted molar refractivity (Wildman–Crippen MR) is 128 cm³/mol. The molecule has 2 bridgehead atoms. The highest BCUT2D eigenvalue weighted by molar-refractivity contribution is 6.30. The smallest absolute Gasteiger partial charge is 0.321 e. The lowest BCUT2D eigenvalue weighted by Crippen LogP contribution is -2.69. The van der Waals surface area contributed by atoms with Crippen LogP contribution in [0.25, 0.3) is 0 Å². The number of ketones is 2. The molecule has 37 heavy (non-hydrogen) atoms. The van der Waals surface area contributed by atoms with Gasteiger partial charge < -0.3 is 19.3 Å². The molecule has 8 unspecified atom stereocenters. The van der Waals surface area contributed by atoms with E-state index in [0.717, 1.165) is 14.0 Å². The lowest BCUT2D eigenvalue weighted by Gasteiger charge is -2.63. The topological polar surface area (TPSA) is 133 Å². The first-order valence-corrected chi connectivity index (χ1v) is 12.6. The van der Waals surface area contributed by atoms with E-state index in [-0.39, 0.29) is 18.4 Å². The molecule has 5 aliphatic rings. The minimum Gasteiger partial charge on any atom is -0.468 e. The van der Waals surface area contributed by atoms with Gasteiger partial charge in [-0.05, 0) is 44.3 Å². The van der Waals surface area contributed by atoms with Crippen LogP contribution in [0.3, 0.4) is 0 Å². The van der Waals surface area contributed by atoms with Crippen molar-refractivity contribution in [1.29, 1.82) is 0 Å². The minimum atomic E-state index is -2.46. The van der Waals surface area contributed by atoms with E-state index < -0.39 is 80.3 Å². The molecule has 1 heterocycles. The Hall–Kier alpha value is -2.81. The normalized spacial score (nSPS) is 47.4. The number of carbonyl (C=O) groups is 5. The Kier molecular flexibility index (Phi) is 4.87. The Bertz CT molecular complexity index is 1240. The van der Waals surface area contributed by atoms with Gasteiger partial charge in [0.15, 0.2) is 22.6 Å². The van der Waals surface area contributed by atoms with Crippen molar-refractivity contribution in [2.75, 3.05) is 7.11 Å². The van der Waals surface area contributed by atoms with Gasteiger partial charge in [0.2, 0.25) is 0 Å². The largest absolute Gasteiger partial charge is 0.468 e. The Morgan fingerprint density at radius 3 is 2.30 bits per heavy atom. The first-order valence-electron chi connectivity index (χ1n) is 12.6. The number of esters is 3. The monoisotopic (exact) mass is 514 g/mol. The Morgan fingerprint density at radius 1 is 1.11 bits per heavy atom. The SMILES string of the molecule is C=C1C=C2C34CCC(OC(C)=O)C(C)(C)C3C(CC2(C)C2(C(=O)OC)C(=O)C(C)(O)C(=O)C12C)OC4=O. The Balaban J connectivity index is 1.82. The number of fused-ring (bicyclic) bond motifs is 3. The molecule has 1 aliphatic heterocycles. The van der Waals surface area contributed by atoms with Crippen LogP contribution in [-0.2, 0) is 38.2 Å². The van der Waals surface area contributed by atoms with Crippen molar-refractivity contribution < 1.29 is 43.3 Å². The summed E-state index contributed by atoms with van der Waals surface area (Å²) in [6.45, 7) is 13.6. The fourth-order valence-corrected chi connectivity index (χ4v) is 9.22. The van der Waals surface area contributed by atoms with E-state index in [9.17, 15) is 29.1 Å². The van der Waals surface area contributed by atoms with E-state index in [1.54, 1.807) is 13.0 Å². The van der Waals surface area contributed by atoms with Crippen LogP contribution in [0.2, 0.25) is 0 Å². The lowest BCUT2D eigenvalue weighted by molar-refractivity contribution is -0.189. The summed E-state index contributed by atoms with van der Waals surface area (Å²) in [5.74, 6) is -4.04. The zero-order valence-corrected chi connectivity index (χ0v) is 22.4. The Labute approximate surface area is 215 Å². The van der Waals surface area contributed by atoms with Gasteiger partial charge >= 0.3 is 17.9 Å². The first kappa shape index (κ1) is 25.8. The molecule has 5 rings (SSSR count). The average Bonchev–Trinajstić information content (AvgIpc) is 3.11. The number of hydrogen-bond acceptors (Lipinski definition) is 9. The first-order chi connectivity index (χ1) is 16.9. The summed E-state index contributed by atoms with van der Waals surface area (Å²) in [7, 11) is 1.14. The number of ether oxygens (including phenoxy) is 3. The van der Waals surface area contributed by atoms with Crippen molar-refractivity contribution in [2.24, 2.45) is 33.0 Å². The van der Waals surface area contributed by atoms with Gasteiger partial charge in [0.1, 0.15) is 12.2 Å². The van der Waals surface area contributed by atoms with Gasteiger partial charge in [-0.1, -0.05) is 33.4 Å². The molecule has 0 spiro atoms. The summed E-state index contributed by atoms with van der Waals surface area (Å²) in [6.07, 6.45) is 1.14. The third kappa shape index (κ3) is 2.39. The molecule has 200 valence electrons. The highest BCUT2D eigenvalue weighted by Crippen LogP contribution is 2.78. The highest BCUT2D eigenvalue weighted by Gasteiger charge is 2.87. The van der Waals surface area contributed by atoms with Gasteiger partial charge in [0, 0.05) is 23.7 Å². The van der Waals surface area contributed by atoms with E-state index in [0.29, 0.717) is 12.0 Å². The summed E-state index contributed by atoms with van der Waals surface area (Å²) in [6, 6.07) is 0. The van der Waals surface area contributed by atoms with Crippen LogP contribution in [0.4, 0.5) is 0 Å². The van der Waals surface area contributed by atoms with Crippen molar-refractivity contribution in [2.45, 2.75) is 78.6 Å². The van der Waals surface area contributed by atoms with Crippen LogP contribution >= 0.6 is 0 Å². The van der Waals surface area contributed by atoms with E-state index in [4.69, 9.17) is 14.2 Å². The van der Waals surface area contributed by atoms with Crippen molar-refractivity contribution in [3.05, 3.63) is 23.8 Å². The number of methoxy groups -OCH3 is 1. The van der Waals surface area contributed by atoms with Crippen molar-refractivity contribution in [3.8, 4) is 0 Å². The summed E-state index contributed by atoms with van der Waals surface area (Å²) < 4.78 is 16.9. The second-order valence-corrected chi connectivity index (χ2v) is 12.6. The summed E-state index contributed by atoms with van der Waals surface area (Å²) >= 11 is 0. The van der Waals surface area contributed by atoms with E-state index >= 15 is 0 Å². The summed E-state index contributed by atoms with van der Waals surface area (Å²) in [5.41, 5.74) is -9.08. The highest BCUT2D eigenvalue weighted by atomic mass is 16.6. The third-order valence-electron chi connectivity index (χ3n) is 10.7. The van der Waals surface area contributed by atoms with E-state index in [1.807, 2.05) is 13.8 Å². The molecule has 4 fully saturated rings. The average molecular weight is 515 g/mol. The van der Waals surface area contributed by atoms with Crippen LogP contribution in [0, 0.1) is 33.0 Å². The summed E-state index contributed by atoms with van der Waals surface area (Å²) in [5, 5.41) is 11.2. The third-order valence-corrected chi connectivity index (χ3v) is 10.7. The Morgan fingerprint density at radius 2 is 1.73 bits per heavy atom. The number of allylic oxidation sites excluding steroid dienone is 2.